The number of benzene rings is 1. The molecular weight excluding hydrogens is 222 g/mol. The molecule has 0 saturated carbocycles. The van der Waals surface area contributed by atoms with Gasteiger partial charge >= 0.3 is 0 Å². The van der Waals surface area contributed by atoms with Gasteiger partial charge < -0.3 is 4.90 Å². The van der Waals surface area contributed by atoms with Gasteiger partial charge in [-0.3, -0.25) is 11.3 Å². The number of nitrogens with zero attached hydrogens (tertiary/aromatic N) is 1. The first-order chi connectivity index (χ1) is 8.62. The average Bonchev–Trinajstić information content (AvgIpc) is 2.40. The van der Waals surface area contributed by atoms with Crippen molar-refractivity contribution in [3.05, 3.63) is 29.8 Å². The molecule has 102 valence electrons. The van der Waals surface area contributed by atoms with Crippen molar-refractivity contribution < 1.29 is 0 Å². The van der Waals surface area contributed by atoms with E-state index in [1.165, 1.54) is 24.1 Å². The molecule has 0 heterocycles. The van der Waals surface area contributed by atoms with Crippen molar-refractivity contribution in [1.82, 2.24) is 5.43 Å². The van der Waals surface area contributed by atoms with Gasteiger partial charge in [-0.05, 0) is 30.0 Å². The Morgan fingerprint density at radius 2 is 1.89 bits per heavy atom. The lowest BCUT2D eigenvalue weighted by molar-refractivity contribution is 0.375. The van der Waals surface area contributed by atoms with Crippen LogP contribution in [0.5, 0.6) is 0 Å². The van der Waals surface area contributed by atoms with E-state index in [1.807, 2.05) is 0 Å². The highest BCUT2D eigenvalue weighted by Gasteiger charge is 2.15. The molecule has 0 radical (unpaired) electrons. The van der Waals surface area contributed by atoms with Gasteiger partial charge in [0.2, 0.25) is 0 Å². The molecule has 0 spiro atoms. The topological polar surface area (TPSA) is 41.3 Å². The number of anilines is 1. The SMILES string of the molecule is CCC(CC)CC(NN)c1cccc(N(C)C)c1. The second-order valence-electron chi connectivity index (χ2n) is 5.13. The van der Waals surface area contributed by atoms with E-state index in [2.05, 4.69) is 62.5 Å². The predicted molar refractivity (Wildman–Crippen MR) is 79.5 cm³/mol. The minimum absolute atomic E-state index is 0.245. The van der Waals surface area contributed by atoms with Crippen molar-refractivity contribution in [2.24, 2.45) is 11.8 Å². The lowest BCUT2D eigenvalue weighted by Gasteiger charge is -2.23. The summed E-state index contributed by atoms with van der Waals surface area (Å²) in [6.07, 6.45) is 3.52. The number of nitrogens with two attached hydrogens (primary N) is 1. The van der Waals surface area contributed by atoms with Crippen LogP contribution in [0.25, 0.3) is 0 Å². The van der Waals surface area contributed by atoms with Crippen molar-refractivity contribution >= 4 is 5.69 Å². The highest BCUT2D eigenvalue weighted by molar-refractivity contribution is 5.47. The van der Waals surface area contributed by atoms with Crippen molar-refractivity contribution in [1.29, 1.82) is 0 Å². The maximum atomic E-state index is 5.73. The van der Waals surface area contributed by atoms with Gasteiger partial charge in [0.25, 0.3) is 0 Å². The second-order valence-corrected chi connectivity index (χ2v) is 5.13. The van der Waals surface area contributed by atoms with Crippen molar-refractivity contribution in [3.8, 4) is 0 Å². The smallest absolute Gasteiger partial charge is 0.0463 e. The molecule has 1 aromatic carbocycles. The van der Waals surface area contributed by atoms with Crippen LogP contribution in [0.4, 0.5) is 5.69 Å². The summed E-state index contributed by atoms with van der Waals surface area (Å²) < 4.78 is 0. The Kier molecular flexibility index (Phi) is 6.16. The largest absolute Gasteiger partial charge is 0.378 e. The van der Waals surface area contributed by atoms with Gasteiger partial charge in [-0.2, -0.15) is 0 Å². The molecule has 0 aromatic heterocycles. The van der Waals surface area contributed by atoms with E-state index in [-0.39, 0.29) is 6.04 Å². The highest BCUT2D eigenvalue weighted by atomic mass is 15.2. The zero-order valence-electron chi connectivity index (χ0n) is 12.1. The quantitative estimate of drug-likeness (QED) is 0.576. The van der Waals surface area contributed by atoms with E-state index in [0.29, 0.717) is 0 Å². The number of rotatable bonds is 7. The highest BCUT2D eigenvalue weighted by Crippen LogP contribution is 2.26. The standard InChI is InChI=1S/C15H27N3/c1-5-12(6-2)10-15(17-16)13-8-7-9-14(11-13)18(3)4/h7-9,11-12,15,17H,5-6,10,16H2,1-4H3. The van der Waals surface area contributed by atoms with E-state index in [9.17, 15) is 0 Å². The molecule has 18 heavy (non-hydrogen) atoms. The summed E-state index contributed by atoms with van der Waals surface area (Å²) in [4.78, 5) is 2.12. The third kappa shape index (κ3) is 4.00. The summed E-state index contributed by atoms with van der Waals surface area (Å²) in [6, 6.07) is 8.83. The Balaban J connectivity index is 2.84. The van der Waals surface area contributed by atoms with Gasteiger partial charge in [-0.1, -0.05) is 38.8 Å². The molecular formula is C15H27N3. The molecule has 3 heteroatoms. The summed E-state index contributed by atoms with van der Waals surface area (Å²) in [5.41, 5.74) is 5.46. The van der Waals surface area contributed by atoms with Crippen molar-refractivity contribution in [2.75, 3.05) is 19.0 Å². The van der Waals surface area contributed by atoms with Gasteiger partial charge in [0.05, 0.1) is 0 Å². The fraction of sp³-hybridized carbons (Fsp3) is 0.600. The minimum Gasteiger partial charge on any atom is -0.378 e. The number of nitrogens with one attached hydrogen (secondary N) is 1. The van der Waals surface area contributed by atoms with Crippen molar-refractivity contribution in [2.45, 2.75) is 39.2 Å². The lowest BCUT2D eigenvalue weighted by atomic mass is 9.91. The van der Waals surface area contributed by atoms with E-state index < -0.39 is 0 Å². The Labute approximate surface area is 111 Å². The average molecular weight is 249 g/mol. The van der Waals surface area contributed by atoms with Crippen molar-refractivity contribution in [3.63, 3.8) is 0 Å². The lowest BCUT2D eigenvalue weighted by Crippen LogP contribution is -2.29. The maximum Gasteiger partial charge on any atom is 0.0463 e. The van der Waals surface area contributed by atoms with Crippen LogP contribution in [0.15, 0.2) is 24.3 Å². The minimum atomic E-state index is 0.245. The van der Waals surface area contributed by atoms with E-state index in [4.69, 9.17) is 5.84 Å². The molecule has 0 aliphatic heterocycles. The maximum absolute atomic E-state index is 5.73. The summed E-state index contributed by atoms with van der Waals surface area (Å²) in [5, 5.41) is 0. The van der Waals surface area contributed by atoms with Gasteiger partial charge in [-0.15, -0.1) is 0 Å². The molecule has 3 nitrogen and oxygen atoms in total. The molecule has 0 saturated heterocycles. The molecule has 0 aliphatic rings. The van der Waals surface area contributed by atoms with Crippen LogP contribution >= 0.6 is 0 Å². The van der Waals surface area contributed by atoms with Crippen LogP contribution in [-0.2, 0) is 0 Å². The molecule has 0 amide bonds. The van der Waals surface area contributed by atoms with Gasteiger partial charge in [-0.25, -0.2) is 0 Å². The third-order valence-electron chi connectivity index (χ3n) is 3.71. The summed E-state index contributed by atoms with van der Waals surface area (Å²) >= 11 is 0. The third-order valence-corrected chi connectivity index (χ3v) is 3.71. The van der Waals surface area contributed by atoms with E-state index in [0.717, 1.165) is 12.3 Å². The fourth-order valence-electron chi connectivity index (χ4n) is 2.28. The van der Waals surface area contributed by atoms with Crippen LogP contribution in [0, 0.1) is 5.92 Å². The summed E-state index contributed by atoms with van der Waals surface area (Å²) in [7, 11) is 4.12. The van der Waals surface area contributed by atoms with Crippen LogP contribution in [-0.4, -0.2) is 14.1 Å². The normalized spacial score (nSPS) is 12.8. The second kappa shape index (κ2) is 7.39. The molecule has 1 aromatic rings. The first kappa shape index (κ1) is 15.0. The van der Waals surface area contributed by atoms with E-state index in [1.54, 1.807) is 0 Å². The zero-order valence-corrected chi connectivity index (χ0v) is 12.1. The summed E-state index contributed by atoms with van der Waals surface area (Å²) in [6.45, 7) is 4.50. The number of hydrogen-bond donors (Lipinski definition) is 2. The fourth-order valence-corrected chi connectivity index (χ4v) is 2.28. The van der Waals surface area contributed by atoms with Crippen LogP contribution in [0.1, 0.15) is 44.7 Å². The van der Waals surface area contributed by atoms with E-state index >= 15 is 0 Å². The Morgan fingerprint density at radius 1 is 1.22 bits per heavy atom. The van der Waals surface area contributed by atoms with Gasteiger partial charge in [0.15, 0.2) is 0 Å². The Morgan fingerprint density at radius 3 is 2.39 bits per heavy atom. The van der Waals surface area contributed by atoms with Gasteiger partial charge in [0, 0.05) is 25.8 Å². The van der Waals surface area contributed by atoms with Crippen LogP contribution in [0.3, 0.4) is 0 Å². The Hall–Kier alpha value is -1.06. The molecule has 1 rings (SSSR count). The molecule has 3 N–H and O–H groups in total. The Bertz CT molecular complexity index is 345. The molecule has 0 fully saturated rings. The monoisotopic (exact) mass is 249 g/mol. The molecule has 0 bridgehead atoms. The first-order valence-electron chi connectivity index (χ1n) is 6.85. The van der Waals surface area contributed by atoms with Crippen LogP contribution < -0.4 is 16.2 Å². The number of hydrazine groups is 1. The van der Waals surface area contributed by atoms with Crippen LogP contribution in [0.2, 0.25) is 0 Å². The number of hydrogen-bond acceptors (Lipinski definition) is 3. The molecule has 1 unspecified atom stereocenters. The van der Waals surface area contributed by atoms with Gasteiger partial charge in [0.1, 0.15) is 0 Å². The molecule has 1 atom stereocenters. The first-order valence-corrected chi connectivity index (χ1v) is 6.85. The predicted octanol–water partition coefficient (Wildman–Crippen LogP) is 3.08. The summed E-state index contributed by atoms with van der Waals surface area (Å²) in [5.74, 6) is 6.46. The molecule has 0 aliphatic carbocycles. The zero-order chi connectivity index (χ0) is 13.5.